The summed E-state index contributed by atoms with van der Waals surface area (Å²) in [5.74, 6) is -1.04. The van der Waals surface area contributed by atoms with Crippen LogP contribution in [0.15, 0.2) is 22.7 Å². The molecule has 110 valence electrons. The van der Waals surface area contributed by atoms with Crippen molar-refractivity contribution in [2.75, 3.05) is 32.7 Å². The SMILES string of the molecule is CC(c1ccc(F)c(Br)c1)N1CCN(CC(=O)O)CC1. The molecule has 20 heavy (non-hydrogen) atoms. The van der Waals surface area contributed by atoms with E-state index in [0.717, 1.165) is 31.7 Å². The molecule has 1 saturated heterocycles. The highest BCUT2D eigenvalue weighted by atomic mass is 79.9. The maximum atomic E-state index is 13.3. The Morgan fingerprint density at radius 3 is 2.60 bits per heavy atom. The van der Waals surface area contributed by atoms with E-state index in [2.05, 4.69) is 27.8 Å². The molecule has 0 saturated carbocycles. The Balaban J connectivity index is 1.95. The average molecular weight is 345 g/mol. The number of halogens is 2. The zero-order valence-electron chi connectivity index (χ0n) is 11.4. The van der Waals surface area contributed by atoms with Crippen molar-refractivity contribution in [2.24, 2.45) is 0 Å². The van der Waals surface area contributed by atoms with E-state index in [9.17, 15) is 9.18 Å². The van der Waals surface area contributed by atoms with E-state index < -0.39 is 5.97 Å². The molecule has 4 nitrogen and oxygen atoms in total. The number of carboxylic acids is 1. The summed E-state index contributed by atoms with van der Waals surface area (Å²) in [7, 11) is 0. The first-order valence-electron chi connectivity index (χ1n) is 6.60. The van der Waals surface area contributed by atoms with Gasteiger partial charge in [0.1, 0.15) is 5.82 Å². The van der Waals surface area contributed by atoms with Crippen LogP contribution in [-0.2, 0) is 4.79 Å². The first-order chi connectivity index (χ1) is 9.47. The summed E-state index contributed by atoms with van der Waals surface area (Å²) in [6, 6.07) is 5.27. The van der Waals surface area contributed by atoms with Crippen molar-refractivity contribution in [2.45, 2.75) is 13.0 Å². The lowest BCUT2D eigenvalue weighted by Gasteiger charge is -2.37. The molecular formula is C14H18BrFN2O2. The lowest BCUT2D eigenvalue weighted by Crippen LogP contribution is -2.48. The quantitative estimate of drug-likeness (QED) is 0.910. The van der Waals surface area contributed by atoms with Crippen LogP contribution in [0.2, 0.25) is 0 Å². The van der Waals surface area contributed by atoms with Gasteiger partial charge in [-0.1, -0.05) is 6.07 Å². The lowest BCUT2D eigenvalue weighted by molar-refractivity contribution is -0.138. The molecule has 0 aliphatic carbocycles. The zero-order chi connectivity index (χ0) is 14.7. The summed E-state index contributed by atoms with van der Waals surface area (Å²) >= 11 is 3.21. The second-order valence-electron chi connectivity index (χ2n) is 5.06. The van der Waals surface area contributed by atoms with Gasteiger partial charge in [-0.15, -0.1) is 0 Å². The van der Waals surface area contributed by atoms with Crippen LogP contribution in [0, 0.1) is 5.82 Å². The van der Waals surface area contributed by atoms with Gasteiger partial charge < -0.3 is 5.11 Å². The van der Waals surface area contributed by atoms with Gasteiger partial charge in [0, 0.05) is 32.2 Å². The van der Waals surface area contributed by atoms with Crippen molar-refractivity contribution >= 4 is 21.9 Å². The van der Waals surface area contributed by atoms with Gasteiger partial charge in [-0.3, -0.25) is 14.6 Å². The first-order valence-corrected chi connectivity index (χ1v) is 7.40. The fourth-order valence-electron chi connectivity index (χ4n) is 2.48. The van der Waals surface area contributed by atoms with Crippen LogP contribution < -0.4 is 0 Å². The smallest absolute Gasteiger partial charge is 0.317 e. The minimum Gasteiger partial charge on any atom is -0.480 e. The molecule has 1 N–H and O–H groups in total. The Morgan fingerprint density at radius 1 is 1.40 bits per heavy atom. The van der Waals surface area contributed by atoms with Crippen LogP contribution in [-0.4, -0.2) is 53.6 Å². The molecule has 0 aromatic heterocycles. The standard InChI is InChI=1S/C14H18BrFN2O2/c1-10(11-2-3-13(16)12(15)8-11)18-6-4-17(5-7-18)9-14(19)20/h2-3,8,10H,4-7,9H2,1H3,(H,19,20). The molecule has 1 fully saturated rings. The topological polar surface area (TPSA) is 43.8 Å². The predicted octanol–water partition coefficient (Wildman–Crippen LogP) is 2.35. The molecule has 1 atom stereocenters. The molecular weight excluding hydrogens is 327 g/mol. The third-order valence-electron chi connectivity index (χ3n) is 3.74. The summed E-state index contributed by atoms with van der Waals surface area (Å²) in [6.45, 7) is 5.34. The first kappa shape index (κ1) is 15.4. The second-order valence-corrected chi connectivity index (χ2v) is 5.91. The van der Waals surface area contributed by atoms with E-state index in [-0.39, 0.29) is 18.4 Å². The Morgan fingerprint density at radius 2 is 2.05 bits per heavy atom. The average Bonchev–Trinajstić information content (AvgIpc) is 2.41. The van der Waals surface area contributed by atoms with Gasteiger partial charge in [0.15, 0.2) is 0 Å². The summed E-state index contributed by atoms with van der Waals surface area (Å²) in [5.41, 5.74) is 1.06. The molecule has 1 aliphatic rings. The molecule has 6 heteroatoms. The molecule has 1 aromatic rings. The van der Waals surface area contributed by atoms with Crippen LogP contribution in [0.4, 0.5) is 4.39 Å². The number of carboxylic acid groups (broad SMARTS) is 1. The van der Waals surface area contributed by atoms with E-state index in [4.69, 9.17) is 5.11 Å². The van der Waals surface area contributed by atoms with Crippen molar-refractivity contribution in [1.82, 2.24) is 9.80 Å². The minimum absolute atomic E-state index is 0.102. The number of nitrogens with zero attached hydrogens (tertiary/aromatic N) is 2. The molecule has 0 amide bonds. The number of aliphatic carboxylic acids is 1. The number of carbonyl (C=O) groups is 1. The molecule has 1 heterocycles. The second kappa shape index (κ2) is 6.65. The van der Waals surface area contributed by atoms with Crippen molar-refractivity contribution in [3.05, 3.63) is 34.1 Å². The monoisotopic (exact) mass is 344 g/mol. The van der Waals surface area contributed by atoms with Crippen LogP contribution in [0.1, 0.15) is 18.5 Å². The van der Waals surface area contributed by atoms with E-state index in [1.165, 1.54) is 6.07 Å². The number of hydrogen-bond acceptors (Lipinski definition) is 3. The molecule has 0 radical (unpaired) electrons. The van der Waals surface area contributed by atoms with Crippen LogP contribution >= 0.6 is 15.9 Å². The van der Waals surface area contributed by atoms with Crippen LogP contribution in [0.25, 0.3) is 0 Å². The highest BCUT2D eigenvalue weighted by Gasteiger charge is 2.23. The van der Waals surface area contributed by atoms with Gasteiger partial charge in [0.25, 0.3) is 0 Å². The largest absolute Gasteiger partial charge is 0.480 e. The normalized spacial score (nSPS) is 18.9. The molecule has 1 aliphatic heterocycles. The van der Waals surface area contributed by atoms with Crippen LogP contribution in [0.3, 0.4) is 0 Å². The highest BCUT2D eigenvalue weighted by Crippen LogP contribution is 2.25. The van der Waals surface area contributed by atoms with Gasteiger partial charge in [0.05, 0.1) is 11.0 Å². The fraction of sp³-hybridized carbons (Fsp3) is 0.500. The van der Waals surface area contributed by atoms with E-state index in [1.807, 2.05) is 11.0 Å². The zero-order valence-corrected chi connectivity index (χ0v) is 12.9. The molecule has 1 aromatic carbocycles. The van der Waals surface area contributed by atoms with Crippen molar-refractivity contribution in [3.8, 4) is 0 Å². The number of rotatable bonds is 4. The highest BCUT2D eigenvalue weighted by molar-refractivity contribution is 9.10. The fourth-order valence-corrected chi connectivity index (χ4v) is 2.88. The maximum absolute atomic E-state index is 13.3. The van der Waals surface area contributed by atoms with Crippen LogP contribution in [0.5, 0.6) is 0 Å². The summed E-state index contributed by atoms with van der Waals surface area (Å²) in [4.78, 5) is 14.9. The molecule has 1 unspecified atom stereocenters. The van der Waals surface area contributed by atoms with Gasteiger partial charge >= 0.3 is 5.97 Å². The lowest BCUT2D eigenvalue weighted by atomic mass is 10.1. The molecule has 0 bridgehead atoms. The Kier molecular flexibility index (Phi) is 5.12. The third-order valence-corrected chi connectivity index (χ3v) is 4.35. The summed E-state index contributed by atoms with van der Waals surface area (Å²) < 4.78 is 13.7. The number of hydrogen-bond donors (Lipinski definition) is 1. The summed E-state index contributed by atoms with van der Waals surface area (Å²) in [6.07, 6.45) is 0. The van der Waals surface area contributed by atoms with Crippen molar-refractivity contribution in [3.63, 3.8) is 0 Å². The molecule has 2 rings (SSSR count). The maximum Gasteiger partial charge on any atom is 0.317 e. The summed E-state index contributed by atoms with van der Waals surface area (Å²) in [5, 5.41) is 8.78. The van der Waals surface area contributed by atoms with Gasteiger partial charge in [-0.2, -0.15) is 0 Å². The minimum atomic E-state index is -0.783. The Bertz CT molecular complexity index is 490. The van der Waals surface area contributed by atoms with Gasteiger partial charge in [-0.05, 0) is 40.5 Å². The number of benzene rings is 1. The van der Waals surface area contributed by atoms with E-state index >= 15 is 0 Å². The Hall–Kier alpha value is -0.980. The van der Waals surface area contributed by atoms with E-state index in [1.54, 1.807) is 6.07 Å². The Labute approximate surface area is 126 Å². The van der Waals surface area contributed by atoms with Crippen molar-refractivity contribution in [1.29, 1.82) is 0 Å². The predicted molar refractivity (Wildman–Crippen MR) is 78.2 cm³/mol. The van der Waals surface area contributed by atoms with Crippen molar-refractivity contribution < 1.29 is 14.3 Å². The number of piperazine rings is 1. The molecule has 0 spiro atoms. The van der Waals surface area contributed by atoms with E-state index in [0.29, 0.717) is 4.47 Å². The van der Waals surface area contributed by atoms with Gasteiger partial charge in [0.2, 0.25) is 0 Å². The third kappa shape index (κ3) is 3.77. The van der Waals surface area contributed by atoms with Gasteiger partial charge in [-0.25, -0.2) is 4.39 Å².